The van der Waals surface area contributed by atoms with Crippen LogP contribution in [0, 0.1) is 23.7 Å². The molecule has 1 saturated heterocycles. The van der Waals surface area contributed by atoms with Gasteiger partial charge in [0.1, 0.15) is 0 Å². The van der Waals surface area contributed by atoms with E-state index >= 15 is 0 Å². The second-order valence-corrected chi connectivity index (χ2v) is 6.47. The zero-order valence-electron chi connectivity index (χ0n) is 11.5. The second kappa shape index (κ2) is 6.19. The average molecular weight is 239 g/mol. The first-order valence-electron chi connectivity index (χ1n) is 7.51. The van der Waals surface area contributed by atoms with E-state index in [0.717, 1.165) is 31.0 Å². The Morgan fingerprint density at radius 2 is 1.59 bits per heavy atom. The van der Waals surface area contributed by atoms with Gasteiger partial charge in [-0.1, -0.05) is 13.8 Å². The Hall–Kier alpha value is -0.0800. The number of rotatable bonds is 3. The molecule has 2 aliphatic rings. The predicted molar refractivity (Wildman–Crippen MR) is 71.8 cm³/mol. The fourth-order valence-corrected chi connectivity index (χ4v) is 3.65. The standard InChI is InChI=1S/C15H29NO/c1-11(2)12-5-7-13(8-6-12)15(16)14-4-3-9-17-10-14/h11-15H,3-10,16H2,1-2H3. The highest BCUT2D eigenvalue weighted by molar-refractivity contribution is 4.85. The van der Waals surface area contributed by atoms with Crippen molar-refractivity contribution in [2.75, 3.05) is 13.2 Å². The van der Waals surface area contributed by atoms with Crippen LogP contribution in [-0.2, 0) is 4.74 Å². The molecule has 0 radical (unpaired) electrons. The lowest BCUT2D eigenvalue weighted by atomic mass is 9.72. The van der Waals surface area contributed by atoms with Crippen molar-refractivity contribution >= 4 is 0 Å². The van der Waals surface area contributed by atoms with E-state index < -0.39 is 0 Å². The van der Waals surface area contributed by atoms with Crippen LogP contribution < -0.4 is 5.73 Å². The van der Waals surface area contributed by atoms with Crippen molar-refractivity contribution in [3.8, 4) is 0 Å². The third-order valence-corrected chi connectivity index (χ3v) is 5.04. The predicted octanol–water partition coefficient (Wildman–Crippen LogP) is 3.20. The molecule has 100 valence electrons. The maximum Gasteiger partial charge on any atom is 0.0509 e. The molecule has 17 heavy (non-hydrogen) atoms. The van der Waals surface area contributed by atoms with Crippen LogP contribution in [0.1, 0.15) is 52.4 Å². The van der Waals surface area contributed by atoms with Gasteiger partial charge in [-0.25, -0.2) is 0 Å². The van der Waals surface area contributed by atoms with Crippen LogP contribution in [0.2, 0.25) is 0 Å². The first kappa shape index (κ1) is 13.4. The molecule has 0 bridgehead atoms. The van der Waals surface area contributed by atoms with Crippen LogP contribution in [0.25, 0.3) is 0 Å². The van der Waals surface area contributed by atoms with Gasteiger partial charge in [0.2, 0.25) is 0 Å². The molecule has 2 nitrogen and oxygen atoms in total. The van der Waals surface area contributed by atoms with Gasteiger partial charge in [0.05, 0.1) is 6.61 Å². The summed E-state index contributed by atoms with van der Waals surface area (Å²) in [5, 5.41) is 0. The van der Waals surface area contributed by atoms with Gasteiger partial charge >= 0.3 is 0 Å². The first-order valence-corrected chi connectivity index (χ1v) is 7.51. The number of hydrogen-bond acceptors (Lipinski definition) is 2. The zero-order valence-corrected chi connectivity index (χ0v) is 11.5. The molecular formula is C15H29NO. The summed E-state index contributed by atoms with van der Waals surface area (Å²) in [5.41, 5.74) is 6.46. The van der Waals surface area contributed by atoms with Crippen molar-refractivity contribution in [1.82, 2.24) is 0 Å². The van der Waals surface area contributed by atoms with E-state index in [1.807, 2.05) is 0 Å². The SMILES string of the molecule is CC(C)C1CCC(C(N)C2CCCOC2)CC1. The molecule has 2 atom stereocenters. The van der Waals surface area contributed by atoms with Gasteiger partial charge < -0.3 is 10.5 Å². The Morgan fingerprint density at radius 3 is 2.12 bits per heavy atom. The number of nitrogens with two attached hydrogens (primary N) is 1. The molecule has 0 aromatic heterocycles. The topological polar surface area (TPSA) is 35.2 Å². The van der Waals surface area contributed by atoms with Crippen LogP contribution in [-0.4, -0.2) is 19.3 Å². The summed E-state index contributed by atoms with van der Waals surface area (Å²) >= 11 is 0. The molecule has 2 unspecified atom stereocenters. The Morgan fingerprint density at radius 1 is 0.941 bits per heavy atom. The minimum Gasteiger partial charge on any atom is -0.381 e. The minimum absolute atomic E-state index is 0.392. The Kier molecular flexibility index (Phi) is 4.87. The van der Waals surface area contributed by atoms with Crippen LogP contribution in [0.15, 0.2) is 0 Å². The molecule has 2 heteroatoms. The normalized spacial score (nSPS) is 37.1. The lowest BCUT2D eigenvalue weighted by molar-refractivity contribution is 0.0298. The summed E-state index contributed by atoms with van der Waals surface area (Å²) in [7, 11) is 0. The van der Waals surface area contributed by atoms with Crippen molar-refractivity contribution in [2.45, 2.75) is 58.4 Å². The van der Waals surface area contributed by atoms with E-state index in [0.29, 0.717) is 12.0 Å². The molecule has 0 spiro atoms. The quantitative estimate of drug-likeness (QED) is 0.821. The van der Waals surface area contributed by atoms with E-state index in [2.05, 4.69) is 13.8 Å². The summed E-state index contributed by atoms with van der Waals surface area (Å²) in [6.07, 6.45) is 7.97. The molecule has 1 aliphatic carbocycles. The molecule has 1 saturated carbocycles. The molecule has 0 aromatic carbocycles. The Bertz CT molecular complexity index is 215. The summed E-state index contributed by atoms with van der Waals surface area (Å²) in [4.78, 5) is 0. The third-order valence-electron chi connectivity index (χ3n) is 5.04. The third kappa shape index (κ3) is 3.45. The van der Waals surface area contributed by atoms with Gasteiger partial charge in [0.15, 0.2) is 0 Å². The lowest BCUT2D eigenvalue weighted by Crippen LogP contribution is -2.43. The highest BCUT2D eigenvalue weighted by atomic mass is 16.5. The molecule has 2 rings (SSSR count). The van der Waals surface area contributed by atoms with Gasteiger partial charge in [-0.15, -0.1) is 0 Å². The maximum absolute atomic E-state index is 6.46. The smallest absolute Gasteiger partial charge is 0.0509 e. The van der Waals surface area contributed by atoms with Crippen molar-refractivity contribution in [1.29, 1.82) is 0 Å². The molecule has 1 aliphatic heterocycles. The monoisotopic (exact) mass is 239 g/mol. The van der Waals surface area contributed by atoms with Crippen LogP contribution in [0.4, 0.5) is 0 Å². The molecule has 1 heterocycles. The Balaban J connectivity index is 1.79. The fourth-order valence-electron chi connectivity index (χ4n) is 3.65. The van der Waals surface area contributed by atoms with Crippen molar-refractivity contribution in [3.05, 3.63) is 0 Å². The van der Waals surface area contributed by atoms with Gasteiger partial charge in [0, 0.05) is 12.6 Å². The zero-order chi connectivity index (χ0) is 12.3. The first-order chi connectivity index (χ1) is 8.18. The highest BCUT2D eigenvalue weighted by Gasteiger charge is 2.31. The van der Waals surface area contributed by atoms with Crippen LogP contribution in [0.5, 0.6) is 0 Å². The molecule has 2 fully saturated rings. The van der Waals surface area contributed by atoms with Crippen LogP contribution in [0.3, 0.4) is 0 Å². The van der Waals surface area contributed by atoms with Crippen molar-refractivity contribution < 1.29 is 4.74 Å². The van der Waals surface area contributed by atoms with Gasteiger partial charge in [0.25, 0.3) is 0 Å². The second-order valence-electron chi connectivity index (χ2n) is 6.47. The summed E-state index contributed by atoms with van der Waals surface area (Å²) in [6, 6.07) is 0.392. The van der Waals surface area contributed by atoms with E-state index in [-0.39, 0.29) is 0 Å². The van der Waals surface area contributed by atoms with E-state index in [4.69, 9.17) is 10.5 Å². The fraction of sp³-hybridized carbons (Fsp3) is 1.00. The molecule has 2 N–H and O–H groups in total. The van der Waals surface area contributed by atoms with Crippen LogP contribution >= 0.6 is 0 Å². The molecular weight excluding hydrogens is 210 g/mol. The summed E-state index contributed by atoms with van der Waals surface area (Å²) < 4.78 is 5.57. The molecule has 0 aromatic rings. The Labute approximate surface area is 106 Å². The maximum atomic E-state index is 6.46. The summed E-state index contributed by atoms with van der Waals surface area (Å²) in [6.45, 7) is 6.58. The van der Waals surface area contributed by atoms with Gasteiger partial charge in [-0.2, -0.15) is 0 Å². The lowest BCUT2D eigenvalue weighted by Gasteiger charge is -2.38. The largest absolute Gasteiger partial charge is 0.381 e. The number of hydrogen-bond donors (Lipinski definition) is 1. The van der Waals surface area contributed by atoms with Crippen molar-refractivity contribution in [2.24, 2.45) is 29.4 Å². The van der Waals surface area contributed by atoms with E-state index in [1.165, 1.54) is 38.5 Å². The molecule has 0 amide bonds. The van der Waals surface area contributed by atoms with E-state index in [1.54, 1.807) is 0 Å². The van der Waals surface area contributed by atoms with Gasteiger partial charge in [-0.3, -0.25) is 0 Å². The van der Waals surface area contributed by atoms with Gasteiger partial charge in [-0.05, 0) is 62.2 Å². The highest BCUT2D eigenvalue weighted by Crippen LogP contribution is 2.36. The average Bonchev–Trinajstić information content (AvgIpc) is 2.39. The number of ether oxygens (including phenoxy) is 1. The minimum atomic E-state index is 0.392. The summed E-state index contributed by atoms with van der Waals surface area (Å²) in [5.74, 6) is 3.19. The van der Waals surface area contributed by atoms with Crippen molar-refractivity contribution in [3.63, 3.8) is 0 Å². The van der Waals surface area contributed by atoms with E-state index in [9.17, 15) is 0 Å².